The van der Waals surface area contributed by atoms with Crippen LogP contribution in [0.25, 0.3) is 5.69 Å². The molecular formula is C17H13ClF3N5OS. The fourth-order valence-corrected chi connectivity index (χ4v) is 3.32. The SMILES string of the molecule is Cc1ccccc1-n1nnnc1SCC(=O)Nc1c(Cl)cccc1C(F)(F)F. The average molecular weight is 428 g/mol. The fraction of sp³-hybridized carbons (Fsp3) is 0.176. The molecule has 0 unspecified atom stereocenters. The van der Waals surface area contributed by atoms with Gasteiger partial charge in [-0.05, 0) is 41.1 Å². The predicted octanol–water partition coefficient (Wildman–Crippen LogP) is 4.37. The van der Waals surface area contributed by atoms with Gasteiger partial charge in [0.05, 0.1) is 27.7 Å². The van der Waals surface area contributed by atoms with Crippen LogP contribution in [0.3, 0.4) is 0 Å². The summed E-state index contributed by atoms with van der Waals surface area (Å²) in [5.74, 6) is -0.864. The highest BCUT2D eigenvalue weighted by Crippen LogP contribution is 2.38. The number of aromatic nitrogens is 4. The van der Waals surface area contributed by atoms with Crippen LogP contribution in [0.5, 0.6) is 0 Å². The zero-order valence-electron chi connectivity index (χ0n) is 14.4. The van der Waals surface area contributed by atoms with Gasteiger partial charge < -0.3 is 5.32 Å². The van der Waals surface area contributed by atoms with Crippen molar-refractivity contribution in [2.45, 2.75) is 18.3 Å². The molecule has 0 saturated carbocycles. The maximum Gasteiger partial charge on any atom is 0.418 e. The number of halogens is 4. The number of thioether (sulfide) groups is 1. The number of carbonyl (C=O) groups excluding carboxylic acids is 1. The molecule has 0 aliphatic rings. The number of amides is 1. The molecule has 146 valence electrons. The number of nitrogens with zero attached hydrogens (tertiary/aromatic N) is 4. The Hall–Kier alpha value is -2.59. The largest absolute Gasteiger partial charge is 0.418 e. The molecule has 0 aliphatic carbocycles. The summed E-state index contributed by atoms with van der Waals surface area (Å²) in [6.07, 6.45) is -4.64. The van der Waals surface area contributed by atoms with Crippen molar-refractivity contribution in [3.05, 3.63) is 58.6 Å². The smallest absolute Gasteiger partial charge is 0.324 e. The number of aryl methyl sites for hydroxylation is 1. The Morgan fingerprint density at radius 2 is 1.96 bits per heavy atom. The lowest BCUT2D eigenvalue weighted by Crippen LogP contribution is -2.19. The van der Waals surface area contributed by atoms with E-state index in [4.69, 9.17) is 11.6 Å². The molecule has 0 spiro atoms. The Bertz CT molecular complexity index is 1010. The Labute approximate surface area is 167 Å². The standard InChI is InChI=1S/C17H13ClF3N5OS/c1-10-5-2-3-8-13(10)26-16(23-24-25-26)28-9-14(27)22-15-11(17(19,20)21)6-4-7-12(15)18/h2-8H,9H2,1H3,(H,22,27). The van der Waals surface area contributed by atoms with Gasteiger partial charge >= 0.3 is 6.18 Å². The Balaban J connectivity index is 1.74. The van der Waals surface area contributed by atoms with Gasteiger partial charge in [-0.2, -0.15) is 17.9 Å². The van der Waals surface area contributed by atoms with E-state index in [1.165, 1.54) is 16.8 Å². The van der Waals surface area contributed by atoms with E-state index in [2.05, 4.69) is 20.8 Å². The minimum Gasteiger partial charge on any atom is -0.324 e. The van der Waals surface area contributed by atoms with E-state index in [1.54, 1.807) is 0 Å². The van der Waals surface area contributed by atoms with E-state index in [0.717, 1.165) is 29.1 Å². The quantitative estimate of drug-likeness (QED) is 0.612. The van der Waals surface area contributed by atoms with E-state index < -0.39 is 23.3 Å². The molecule has 0 radical (unpaired) electrons. The zero-order chi connectivity index (χ0) is 20.3. The van der Waals surface area contributed by atoms with Crippen LogP contribution in [0.2, 0.25) is 5.02 Å². The van der Waals surface area contributed by atoms with Crippen LogP contribution in [0, 0.1) is 6.92 Å². The first-order valence-electron chi connectivity index (χ1n) is 7.90. The normalized spacial score (nSPS) is 11.5. The molecular weight excluding hydrogens is 415 g/mol. The van der Waals surface area contributed by atoms with Crippen LogP contribution in [-0.4, -0.2) is 31.9 Å². The maximum atomic E-state index is 13.1. The van der Waals surface area contributed by atoms with Crippen LogP contribution in [0.15, 0.2) is 47.6 Å². The lowest BCUT2D eigenvalue weighted by Gasteiger charge is -2.15. The van der Waals surface area contributed by atoms with Gasteiger partial charge in [0.15, 0.2) is 0 Å². The summed E-state index contributed by atoms with van der Waals surface area (Å²) < 4.78 is 40.8. The van der Waals surface area contributed by atoms with Gasteiger partial charge in [0, 0.05) is 0 Å². The zero-order valence-corrected chi connectivity index (χ0v) is 15.9. The van der Waals surface area contributed by atoms with Gasteiger partial charge in [-0.25, -0.2) is 0 Å². The third kappa shape index (κ3) is 4.45. The number of rotatable bonds is 5. The van der Waals surface area contributed by atoms with Crippen molar-refractivity contribution in [2.75, 3.05) is 11.1 Å². The predicted molar refractivity (Wildman–Crippen MR) is 99.7 cm³/mol. The second-order valence-electron chi connectivity index (χ2n) is 5.66. The van der Waals surface area contributed by atoms with Crippen molar-refractivity contribution < 1.29 is 18.0 Å². The molecule has 0 saturated heterocycles. The van der Waals surface area contributed by atoms with E-state index in [1.807, 2.05) is 31.2 Å². The monoisotopic (exact) mass is 427 g/mol. The highest BCUT2D eigenvalue weighted by Gasteiger charge is 2.34. The third-order valence-electron chi connectivity index (χ3n) is 3.70. The van der Waals surface area contributed by atoms with Gasteiger partial charge in [-0.15, -0.1) is 5.10 Å². The lowest BCUT2D eigenvalue weighted by atomic mass is 10.1. The molecule has 2 aromatic carbocycles. The lowest BCUT2D eigenvalue weighted by molar-refractivity contribution is -0.137. The number of anilines is 1. The molecule has 1 heterocycles. The van der Waals surface area contributed by atoms with Gasteiger partial charge in [-0.1, -0.05) is 47.6 Å². The Morgan fingerprint density at radius 1 is 1.21 bits per heavy atom. The van der Waals surface area contributed by atoms with Gasteiger partial charge in [0.1, 0.15) is 0 Å². The molecule has 11 heteroatoms. The van der Waals surface area contributed by atoms with Gasteiger partial charge in [0.25, 0.3) is 0 Å². The summed E-state index contributed by atoms with van der Waals surface area (Å²) in [4.78, 5) is 12.2. The maximum absolute atomic E-state index is 13.1. The highest BCUT2D eigenvalue weighted by molar-refractivity contribution is 7.99. The molecule has 6 nitrogen and oxygen atoms in total. The second-order valence-corrected chi connectivity index (χ2v) is 7.01. The molecule has 1 N–H and O–H groups in total. The first-order valence-corrected chi connectivity index (χ1v) is 9.26. The van der Waals surface area contributed by atoms with Crippen molar-refractivity contribution in [1.29, 1.82) is 0 Å². The topological polar surface area (TPSA) is 72.7 Å². The molecule has 3 aromatic rings. The summed E-state index contributed by atoms with van der Waals surface area (Å²) in [6, 6.07) is 10.7. The van der Waals surface area contributed by atoms with E-state index in [-0.39, 0.29) is 10.8 Å². The minimum atomic E-state index is -4.64. The summed E-state index contributed by atoms with van der Waals surface area (Å²) in [7, 11) is 0. The van der Waals surface area contributed by atoms with Gasteiger partial charge in [-0.3, -0.25) is 4.79 Å². The molecule has 0 bridgehead atoms. The van der Waals surface area contributed by atoms with Crippen molar-refractivity contribution in [2.24, 2.45) is 0 Å². The fourth-order valence-electron chi connectivity index (χ4n) is 2.41. The molecule has 3 rings (SSSR count). The molecule has 0 aliphatic heterocycles. The number of hydrogen-bond donors (Lipinski definition) is 1. The summed E-state index contributed by atoms with van der Waals surface area (Å²) >= 11 is 6.84. The molecule has 0 fully saturated rings. The third-order valence-corrected chi connectivity index (χ3v) is 4.93. The van der Waals surface area contributed by atoms with E-state index in [0.29, 0.717) is 5.16 Å². The Kier molecular flexibility index (Phi) is 5.90. The molecule has 0 atom stereocenters. The summed E-state index contributed by atoms with van der Waals surface area (Å²) in [6.45, 7) is 1.88. The van der Waals surface area contributed by atoms with E-state index in [9.17, 15) is 18.0 Å². The Morgan fingerprint density at radius 3 is 2.68 bits per heavy atom. The van der Waals surface area contributed by atoms with Crippen LogP contribution < -0.4 is 5.32 Å². The van der Waals surface area contributed by atoms with Gasteiger partial charge in [0.2, 0.25) is 11.1 Å². The highest BCUT2D eigenvalue weighted by atomic mass is 35.5. The van der Waals surface area contributed by atoms with Crippen LogP contribution in [0.4, 0.5) is 18.9 Å². The van der Waals surface area contributed by atoms with Crippen LogP contribution in [0.1, 0.15) is 11.1 Å². The summed E-state index contributed by atoms with van der Waals surface area (Å²) in [5.41, 5.74) is 0.178. The number of alkyl halides is 3. The first kappa shape index (κ1) is 20.2. The average Bonchev–Trinajstić information content (AvgIpc) is 3.09. The van der Waals surface area contributed by atoms with Crippen LogP contribution >= 0.6 is 23.4 Å². The number of benzene rings is 2. The van der Waals surface area contributed by atoms with Crippen molar-refractivity contribution in [3.63, 3.8) is 0 Å². The number of para-hydroxylation sites is 2. The van der Waals surface area contributed by atoms with Crippen molar-refractivity contribution in [1.82, 2.24) is 20.2 Å². The number of tetrazole rings is 1. The molecule has 1 aromatic heterocycles. The summed E-state index contributed by atoms with van der Waals surface area (Å²) in [5, 5.41) is 13.7. The minimum absolute atomic E-state index is 0.196. The van der Waals surface area contributed by atoms with E-state index >= 15 is 0 Å². The van der Waals surface area contributed by atoms with Crippen LogP contribution in [-0.2, 0) is 11.0 Å². The second kappa shape index (κ2) is 8.19. The molecule has 1 amide bonds. The van der Waals surface area contributed by atoms with Crippen molar-refractivity contribution in [3.8, 4) is 5.69 Å². The number of nitrogens with one attached hydrogen (secondary N) is 1. The first-order chi connectivity index (χ1) is 13.3. The molecule has 28 heavy (non-hydrogen) atoms. The number of carbonyl (C=O) groups is 1. The number of hydrogen-bond acceptors (Lipinski definition) is 5. The van der Waals surface area contributed by atoms with Crippen molar-refractivity contribution >= 4 is 35.0 Å².